The quantitative estimate of drug-likeness (QED) is 0.759. The highest BCUT2D eigenvalue weighted by atomic mass is 79.9. The highest BCUT2D eigenvalue weighted by molar-refractivity contribution is 9.10. The van der Waals surface area contributed by atoms with Gasteiger partial charge in [0, 0.05) is 11.0 Å². The Morgan fingerprint density at radius 3 is 2.71 bits per heavy atom. The molecule has 0 aliphatic heterocycles. The summed E-state index contributed by atoms with van der Waals surface area (Å²) in [5, 5.41) is 3.45. The molecule has 0 bridgehead atoms. The Hall–Kier alpha value is -0.600. The van der Waals surface area contributed by atoms with Gasteiger partial charge in [0.1, 0.15) is 0 Å². The maximum atomic E-state index is 3.62. The fraction of sp³-hybridized carbons (Fsp3) is 0.467. The molecule has 0 unspecified atom stereocenters. The normalized spacial score (nSPS) is 11.9. The zero-order valence-electron chi connectivity index (χ0n) is 11.0. The van der Waals surface area contributed by atoms with Crippen LogP contribution in [0, 0.1) is 6.92 Å². The maximum absolute atomic E-state index is 3.62. The molecule has 0 aromatic heterocycles. The van der Waals surface area contributed by atoms with Crippen LogP contribution in [0.1, 0.15) is 37.8 Å². The van der Waals surface area contributed by atoms with Gasteiger partial charge in [0.05, 0.1) is 0 Å². The molecule has 1 rings (SSSR count). The monoisotopic (exact) mass is 295 g/mol. The molecule has 1 nitrogen and oxygen atoms in total. The second kappa shape index (κ2) is 7.67. The predicted molar refractivity (Wildman–Crippen MR) is 80.3 cm³/mol. The zero-order chi connectivity index (χ0) is 12.7. The van der Waals surface area contributed by atoms with Crippen molar-refractivity contribution in [1.29, 1.82) is 0 Å². The number of aryl methyl sites for hydroxylation is 1. The molecule has 94 valence electrons. The van der Waals surface area contributed by atoms with Gasteiger partial charge in [-0.25, -0.2) is 0 Å². The van der Waals surface area contributed by atoms with Crippen LogP contribution < -0.4 is 5.32 Å². The Kier molecular flexibility index (Phi) is 6.53. The van der Waals surface area contributed by atoms with Crippen LogP contribution in [0.4, 0.5) is 0 Å². The summed E-state index contributed by atoms with van der Waals surface area (Å²) in [6.07, 6.45) is 4.56. The smallest absolute Gasteiger partial charge is 0.0250 e. The Balaban J connectivity index is 2.75. The van der Waals surface area contributed by atoms with Crippen molar-refractivity contribution in [3.8, 4) is 0 Å². The van der Waals surface area contributed by atoms with E-state index in [4.69, 9.17) is 0 Å². The van der Waals surface area contributed by atoms with Gasteiger partial charge >= 0.3 is 0 Å². The van der Waals surface area contributed by atoms with E-state index in [2.05, 4.69) is 66.3 Å². The molecule has 1 N–H and O–H groups in total. The molecule has 0 saturated carbocycles. The Morgan fingerprint density at radius 1 is 1.35 bits per heavy atom. The van der Waals surface area contributed by atoms with E-state index >= 15 is 0 Å². The minimum Gasteiger partial charge on any atom is -0.313 e. The van der Waals surface area contributed by atoms with Gasteiger partial charge in [-0.1, -0.05) is 53.6 Å². The molecule has 0 fully saturated rings. The highest BCUT2D eigenvalue weighted by Crippen LogP contribution is 2.21. The van der Waals surface area contributed by atoms with Crippen molar-refractivity contribution in [2.75, 3.05) is 13.1 Å². The molecule has 0 aliphatic carbocycles. The van der Waals surface area contributed by atoms with Crippen molar-refractivity contribution < 1.29 is 0 Å². The number of hydrogen-bond donors (Lipinski definition) is 1. The van der Waals surface area contributed by atoms with Gasteiger partial charge < -0.3 is 5.32 Å². The Labute approximate surface area is 113 Å². The molecular weight excluding hydrogens is 274 g/mol. The number of hydrogen-bond acceptors (Lipinski definition) is 1. The third kappa shape index (κ3) is 5.05. The number of halogens is 1. The van der Waals surface area contributed by atoms with E-state index in [9.17, 15) is 0 Å². The molecule has 17 heavy (non-hydrogen) atoms. The second-order valence-electron chi connectivity index (χ2n) is 4.36. The fourth-order valence-corrected chi connectivity index (χ4v) is 2.28. The van der Waals surface area contributed by atoms with Gasteiger partial charge in [-0.2, -0.15) is 0 Å². The van der Waals surface area contributed by atoms with E-state index in [0.717, 1.165) is 19.5 Å². The highest BCUT2D eigenvalue weighted by Gasteiger charge is 1.99. The number of benzene rings is 1. The summed E-state index contributed by atoms with van der Waals surface area (Å²) in [5.41, 5.74) is 4.00. The first-order valence-electron chi connectivity index (χ1n) is 6.33. The topological polar surface area (TPSA) is 12.0 Å². The van der Waals surface area contributed by atoms with Crippen LogP contribution in [0.15, 0.2) is 28.2 Å². The third-order valence-electron chi connectivity index (χ3n) is 2.75. The lowest BCUT2D eigenvalue weighted by atomic mass is 10.1. The van der Waals surface area contributed by atoms with Gasteiger partial charge in [0.15, 0.2) is 0 Å². The van der Waals surface area contributed by atoms with Crippen LogP contribution >= 0.6 is 15.9 Å². The van der Waals surface area contributed by atoms with Crippen LogP contribution in [-0.4, -0.2) is 13.1 Å². The summed E-state index contributed by atoms with van der Waals surface area (Å²) < 4.78 is 1.18. The molecule has 1 aromatic rings. The average Bonchev–Trinajstić information content (AvgIpc) is 2.31. The number of rotatable bonds is 6. The van der Waals surface area contributed by atoms with Crippen molar-refractivity contribution in [2.45, 2.75) is 33.6 Å². The molecule has 0 aliphatic rings. The van der Waals surface area contributed by atoms with Crippen molar-refractivity contribution in [3.63, 3.8) is 0 Å². The van der Waals surface area contributed by atoms with Crippen molar-refractivity contribution in [3.05, 3.63) is 39.4 Å². The van der Waals surface area contributed by atoms with Crippen molar-refractivity contribution in [2.24, 2.45) is 0 Å². The van der Waals surface area contributed by atoms with Gasteiger partial charge in [0.2, 0.25) is 0 Å². The summed E-state index contributed by atoms with van der Waals surface area (Å²) in [4.78, 5) is 0. The van der Waals surface area contributed by atoms with Gasteiger partial charge in [0.25, 0.3) is 0 Å². The zero-order valence-corrected chi connectivity index (χ0v) is 12.6. The van der Waals surface area contributed by atoms with Crippen LogP contribution in [0.5, 0.6) is 0 Å². The van der Waals surface area contributed by atoms with E-state index in [-0.39, 0.29) is 0 Å². The summed E-state index contributed by atoms with van der Waals surface area (Å²) in [6.45, 7) is 8.60. The number of nitrogens with one attached hydrogen (secondary N) is 1. The Bertz CT molecular complexity index is 383. The summed E-state index contributed by atoms with van der Waals surface area (Å²) in [5.74, 6) is 0. The molecular formula is C15H22BrN. The molecule has 0 radical (unpaired) electrons. The first kappa shape index (κ1) is 14.5. The first-order valence-corrected chi connectivity index (χ1v) is 7.13. The standard InChI is InChI=1S/C15H22BrN/c1-4-8-17-11-13(5-2)10-14-7-6-12(3)9-15(14)16/h6-7,9-10,17H,4-5,8,11H2,1-3H3/b13-10+. The van der Waals surface area contributed by atoms with E-state index in [1.54, 1.807) is 0 Å². The lowest BCUT2D eigenvalue weighted by Gasteiger charge is -2.08. The SMILES string of the molecule is CCCNC/C(=C/c1ccc(C)cc1Br)CC. The fourth-order valence-electron chi connectivity index (χ4n) is 1.67. The average molecular weight is 296 g/mol. The van der Waals surface area contributed by atoms with E-state index in [1.165, 1.54) is 27.6 Å². The van der Waals surface area contributed by atoms with Crippen LogP contribution in [0.25, 0.3) is 6.08 Å². The lowest BCUT2D eigenvalue weighted by molar-refractivity contribution is 0.706. The van der Waals surface area contributed by atoms with Crippen LogP contribution in [0.3, 0.4) is 0 Å². The van der Waals surface area contributed by atoms with Gasteiger partial charge in [-0.15, -0.1) is 0 Å². The lowest BCUT2D eigenvalue weighted by Crippen LogP contribution is -2.17. The van der Waals surface area contributed by atoms with Crippen LogP contribution in [0.2, 0.25) is 0 Å². The molecule has 0 heterocycles. The second-order valence-corrected chi connectivity index (χ2v) is 5.21. The molecule has 0 saturated heterocycles. The minimum absolute atomic E-state index is 0.991. The molecule has 0 atom stereocenters. The molecule has 2 heteroatoms. The summed E-state index contributed by atoms with van der Waals surface area (Å²) >= 11 is 3.62. The van der Waals surface area contributed by atoms with Gasteiger partial charge in [-0.05, 0) is 43.5 Å². The van der Waals surface area contributed by atoms with Crippen molar-refractivity contribution >= 4 is 22.0 Å². The predicted octanol–water partition coefficient (Wildman–Crippen LogP) is 4.55. The third-order valence-corrected chi connectivity index (χ3v) is 3.44. The van der Waals surface area contributed by atoms with E-state index in [0.29, 0.717) is 0 Å². The van der Waals surface area contributed by atoms with E-state index in [1.807, 2.05) is 0 Å². The van der Waals surface area contributed by atoms with Gasteiger partial charge in [-0.3, -0.25) is 0 Å². The summed E-state index contributed by atoms with van der Waals surface area (Å²) in [7, 11) is 0. The largest absolute Gasteiger partial charge is 0.313 e. The molecule has 0 spiro atoms. The molecule has 1 aromatic carbocycles. The minimum atomic E-state index is 0.991. The summed E-state index contributed by atoms with van der Waals surface area (Å²) in [6, 6.07) is 6.50. The first-order chi connectivity index (χ1) is 8.17. The molecule has 0 amide bonds. The Morgan fingerprint density at radius 2 is 2.12 bits per heavy atom. The van der Waals surface area contributed by atoms with Crippen LogP contribution in [-0.2, 0) is 0 Å². The van der Waals surface area contributed by atoms with E-state index < -0.39 is 0 Å². The van der Waals surface area contributed by atoms with Crippen molar-refractivity contribution in [1.82, 2.24) is 5.32 Å². The maximum Gasteiger partial charge on any atom is 0.0250 e.